The highest BCUT2D eigenvalue weighted by molar-refractivity contribution is 7.47. The molecule has 0 aromatic rings. The van der Waals surface area contributed by atoms with E-state index in [4.69, 9.17) is 18.5 Å². The second-order valence-corrected chi connectivity index (χ2v) is 17.0. The Balaban J connectivity index is 2.49. The molecule has 0 heterocycles. The van der Waals surface area contributed by atoms with Crippen LogP contribution in [0.4, 0.5) is 0 Å². The van der Waals surface area contributed by atoms with Gasteiger partial charge in [0.2, 0.25) is 0 Å². The molecule has 0 radical (unpaired) electrons. The zero-order valence-corrected chi connectivity index (χ0v) is 35.6. The van der Waals surface area contributed by atoms with Gasteiger partial charge in [-0.25, -0.2) is 4.57 Å². The van der Waals surface area contributed by atoms with Crippen LogP contribution in [0.25, 0.3) is 0 Å². The van der Waals surface area contributed by atoms with Crippen LogP contribution >= 0.6 is 7.82 Å². The Hall–Kier alpha value is -1.41. The molecule has 1 saturated carbocycles. The van der Waals surface area contributed by atoms with Crippen LogP contribution in [0.5, 0.6) is 0 Å². The lowest BCUT2D eigenvalue weighted by molar-refractivity contribution is -0.220. The summed E-state index contributed by atoms with van der Waals surface area (Å²) in [5.74, 6) is -1.10. The Bertz CT molecular complexity index is 1040. The van der Waals surface area contributed by atoms with Crippen LogP contribution in [-0.4, -0.2) is 98.3 Å². The average Bonchev–Trinajstić information content (AvgIpc) is 3.18. The SMILES string of the molecule is CCCCCCCCC=CCCCCCCCC(=O)OC(COC(=O)CCCCCCCCCCCCCC)COP(=O)(O)OC1C(O)C(O)C(O)C(O)C1O. The number of ether oxygens (including phenoxy) is 2. The molecule has 0 saturated heterocycles. The summed E-state index contributed by atoms with van der Waals surface area (Å²) >= 11 is 0. The van der Waals surface area contributed by atoms with Crippen LogP contribution in [0, 0.1) is 0 Å². The van der Waals surface area contributed by atoms with Gasteiger partial charge in [-0.3, -0.25) is 18.6 Å². The molecule has 1 aliphatic carbocycles. The Morgan fingerprint density at radius 2 is 0.911 bits per heavy atom. The second kappa shape index (κ2) is 33.4. The van der Waals surface area contributed by atoms with Crippen LogP contribution in [0.3, 0.4) is 0 Å². The minimum atomic E-state index is -5.11. The molecule has 0 spiro atoms. The zero-order valence-electron chi connectivity index (χ0n) is 34.7. The highest BCUT2D eigenvalue weighted by Crippen LogP contribution is 2.47. The fourth-order valence-corrected chi connectivity index (χ4v) is 7.73. The second-order valence-electron chi connectivity index (χ2n) is 15.6. The van der Waals surface area contributed by atoms with Gasteiger partial charge in [0.25, 0.3) is 0 Å². The van der Waals surface area contributed by atoms with Gasteiger partial charge < -0.3 is 39.9 Å². The number of hydrogen-bond donors (Lipinski definition) is 6. The van der Waals surface area contributed by atoms with Gasteiger partial charge in [0.15, 0.2) is 6.10 Å². The van der Waals surface area contributed by atoms with Crippen LogP contribution in [0.15, 0.2) is 12.2 Å². The molecule has 0 aromatic heterocycles. The van der Waals surface area contributed by atoms with Crippen molar-refractivity contribution in [3.8, 4) is 0 Å². The average molecular weight is 823 g/mol. The fraction of sp³-hybridized carbons (Fsp3) is 0.905. The van der Waals surface area contributed by atoms with E-state index in [2.05, 4.69) is 26.0 Å². The summed E-state index contributed by atoms with van der Waals surface area (Å²) < 4.78 is 33.4. The lowest BCUT2D eigenvalue weighted by Crippen LogP contribution is -2.64. The van der Waals surface area contributed by atoms with E-state index in [1.165, 1.54) is 89.9 Å². The number of carbonyl (C=O) groups excluding carboxylic acids is 2. The summed E-state index contributed by atoms with van der Waals surface area (Å²) in [5.41, 5.74) is 0. The van der Waals surface area contributed by atoms with E-state index < -0.39 is 75.7 Å². The van der Waals surface area contributed by atoms with E-state index in [1.807, 2.05) is 0 Å². The first-order valence-corrected chi connectivity index (χ1v) is 23.5. The lowest BCUT2D eigenvalue weighted by atomic mass is 9.85. The number of phosphoric ester groups is 1. The first-order valence-electron chi connectivity index (χ1n) is 22.0. The normalized spacial score (nSPS) is 22.9. The van der Waals surface area contributed by atoms with E-state index in [1.54, 1.807) is 0 Å². The minimum absolute atomic E-state index is 0.0906. The summed E-state index contributed by atoms with van der Waals surface area (Å²) in [5, 5.41) is 50.0. The molecule has 330 valence electrons. The van der Waals surface area contributed by atoms with E-state index >= 15 is 0 Å². The lowest BCUT2D eigenvalue weighted by Gasteiger charge is -2.41. The molecular weight excluding hydrogens is 743 g/mol. The third-order valence-electron chi connectivity index (χ3n) is 10.4. The molecule has 6 atom stereocenters. The maximum Gasteiger partial charge on any atom is 0.472 e. The number of aliphatic hydroxyl groups excluding tert-OH is 5. The predicted molar refractivity (Wildman–Crippen MR) is 217 cm³/mol. The van der Waals surface area contributed by atoms with Crippen molar-refractivity contribution < 1.29 is 63.1 Å². The van der Waals surface area contributed by atoms with Gasteiger partial charge in [-0.15, -0.1) is 0 Å². The Morgan fingerprint density at radius 1 is 0.536 bits per heavy atom. The topological polar surface area (TPSA) is 210 Å². The molecule has 1 fully saturated rings. The maximum atomic E-state index is 12.8. The maximum absolute atomic E-state index is 12.8. The van der Waals surface area contributed by atoms with Crippen molar-refractivity contribution in [1.82, 2.24) is 0 Å². The minimum Gasteiger partial charge on any atom is -0.462 e. The number of hydrogen-bond acceptors (Lipinski definition) is 12. The van der Waals surface area contributed by atoms with E-state index in [-0.39, 0.29) is 12.8 Å². The molecule has 6 unspecified atom stereocenters. The van der Waals surface area contributed by atoms with Crippen LogP contribution in [-0.2, 0) is 32.7 Å². The van der Waals surface area contributed by atoms with Crippen molar-refractivity contribution in [3.05, 3.63) is 12.2 Å². The highest BCUT2D eigenvalue weighted by atomic mass is 31.2. The smallest absolute Gasteiger partial charge is 0.462 e. The summed E-state index contributed by atoms with van der Waals surface area (Å²) in [7, 11) is -5.11. The van der Waals surface area contributed by atoms with Crippen molar-refractivity contribution in [2.75, 3.05) is 13.2 Å². The number of carbonyl (C=O) groups is 2. The van der Waals surface area contributed by atoms with Gasteiger partial charge >= 0.3 is 19.8 Å². The Labute approximate surface area is 337 Å². The van der Waals surface area contributed by atoms with Crippen molar-refractivity contribution >= 4 is 19.8 Å². The summed E-state index contributed by atoms with van der Waals surface area (Å²) in [4.78, 5) is 35.6. The van der Waals surface area contributed by atoms with Crippen molar-refractivity contribution in [2.24, 2.45) is 0 Å². The summed E-state index contributed by atoms with van der Waals surface area (Å²) in [6, 6.07) is 0. The standard InChI is InChI=1S/C42H79O13P/c1-3-5-7-9-11-13-15-17-18-19-21-23-25-27-29-31-36(44)54-34(32-52-35(43)30-28-26-24-22-20-16-14-12-10-8-6-4-2)33-53-56(50,51)55-42-40(48)38(46)37(45)39(47)41(42)49/h17-18,34,37-42,45-49H,3-16,19-33H2,1-2H3,(H,50,51). The molecule has 0 aromatic carbocycles. The summed E-state index contributed by atoms with van der Waals surface area (Å²) in [6.45, 7) is 3.28. The van der Waals surface area contributed by atoms with Gasteiger partial charge in [-0.05, 0) is 38.5 Å². The van der Waals surface area contributed by atoms with Crippen molar-refractivity contribution in [3.63, 3.8) is 0 Å². The number of allylic oxidation sites excluding steroid dienone is 2. The number of aliphatic hydroxyl groups is 5. The van der Waals surface area contributed by atoms with Crippen LogP contribution in [0.2, 0.25) is 0 Å². The largest absolute Gasteiger partial charge is 0.472 e. The van der Waals surface area contributed by atoms with Gasteiger partial charge in [0.1, 0.15) is 43.2 Å². The quantitative estimate of drug-likeness (QED) is 0.0154. The third-order valence-corrected chi connectivity index (χ3v) is 11.3. The van der Waals surface area contributed by atoms with Crippen LogP contribution < -0.4 is 0 Å². The van der Waals surface area contributed by atoms with Crippen molar-refractivity contribution in [2.45, 2.75) is 230 Å². The molecule has 1 rings (SSSR count). The van der Waals surface area contributed by atoms with Crippen molar-refractivity contribution in [1.29, 1.82) is 0 Å². The van der Waals surface area contributed by atoms with E-state index in [0.29, 0.717) is 12.8 Å². The van der Waals surface area contributed by atoms with Gasteiger partial charge in [-0.1, -0.05) is 148 Å². The van der Waals surface area contributed by atoms with E-state index in [9.17, 15) is 44.6 Å². The number of rotatable bonds is 36. The molecule has 6 N–H and O–H groups in total. The Kier molecular flexibility index (Phi) is 31.4. The third kappa shape index (κ3) is 25.8. The molecule has 0 aliphatic heterocycles. The fourth-order valence-electron chi connectivity index (χ4n) is 6.75. The van der Waals surface area contributed by atoms with Gasteiger partial charge in [-0.2, -0.15) is 0 Å². The summed E-state index contributed by atoms with van der Waals surface area (Å²) in [6.07, 6.45) is 19.9. The first-order chi connectivity index (χ1) is 26.9. The van der Waals surface area contributed by atoms with E-state index in [0.717, 1.165) is 57.8 Å². The molecular formula is C42H79O13P. The molecule has 13 nitrogen and oxygen atoms in total. The number of phosphoric acid groups is 1. The molecule has 1 aliphatic rings. The monoisotopic (exact) mass is 823 g/mol. The molecule has 0 bridgehead atoms. The number of unbranched alkanes of at least 4 members (excludes halogenated alkanes) is 22. The zero-order chi connectivity index (χ0) is 41.4. The van der Waals surface area contributed by atoms with Crippen LogP contribution in [0.1, 0.15) is 187 Å². The number of esters is 2. The molecule has 56 heavy (non-hydrogen) atoms. The highest BCUT2D eigenvalue weighted by Gasteiger charge is 2.51. The van der Waals surface area contributed by atoms with Gasteiger partial charge in [0.05, 0.1) is 6.61 Å². The van der Waals surface area contributed by atoms with Gasteiger partial charge in [0, 0.05) is 12.8 Å². The Morgan fingerprint density at radius 3 is 1.36 bits per heavy atom. The molecule has 0 amide bonds. The molecule has 14 heteroatoms. The first kappa shape index (κ1) is 52.6. The predicted octanol–water partition coefficient (Wildman–Crippen LogP) is 7.89.